The molecule has 37 heavy (non-hydrogen) atoms. The van der Waals surface area contributed by atoms with Gasteiger partial charge in [0.25, 0.3) is 5.56 Å². The molecule has 1 aliphatic heterocycles. The molecule has 9 heteroatoms. The van der Waals surface area contributed by atoms with Crippen molar-refractivity contribution in [3.05, 3.63) is 99.2 Å². The third-order valence-corrected chi connectivity index (χ3v) is 6.56. The van der Waals surface area contributed by atoms with Crippen LogP contribution in [-0.4, -0.2) is 32.7 Å². The normalized spacial score (nSPS) is 14.2. The van der Waals surface area contributed by atoms with Crippen molar-refractivity contribution in [2.75, 3.05) is 17.6 Å². The lowest BCUT2D eigenvalue weighted by Gasteiger charge is -2.19. The van der Waals surface area contributed by atoms with E-state index in [1.165, 1.54) is 12.4 Å². The van der Waals surface area contributed by atoms with Crippen molar-refractivity contribution in [2.24, 2.45) is 0 Å². The van der Waals surface area contributed by atoms with E-state index < -0.39 is 0 Å². The highest BCUT2D eigenvalue weighted by Crippen LogP contribution is 2.24. The van der Waals surface area contributed by atoms with E-state index in [0.29, 0.717) is 35.3 Å². The highest BCUT2D eigenvalue weighted by Gasteiger charge is 2.20. The van der Waals surface area contributed by atoms with Crippen LogP contribution in [0, 0.1) is 19.3 Å². The first-order chi connectivity index (χ1) is 17.8. The Balaban J connectivity index is 1.59. The average molecular weight is 494 g/mol. The molecule has 2 aromatic heterocycles. The van der Waals surface area contributed by atoms with Crippen molar-refractivity contribution < 1.29 is 4.79 Å². The molecule has 1 aliphatic rings. The maximum absolute atomic E-state index is 13.8. The van der Waals surface area contributed by atoms with Crippen molar-refractivity contribution in [3.8, 4) is 5.69 Å². The number of carbonyl (C=O) groups excluding carboxylic acids is 1. The van der Waals surface area contributed by atoms with Gasteiger partial charge in [0.2, 0.25) is 5.91 Å². The molecule has 186 valence electrons. The SMILES string of the molecule is Cc1ccccc1-n1c(CNc2ncnc(N)c2C(=N)/C=C2/CCNC2=O)cc2cccc(C)c2c1=O. The standard InChI is InChI=1S/C28H27N7O2/c1-16-6-3-4-9-22(16)35-20(12-18-8-5-7-17(2)23(18)28(35)37)14-32-26-24(25(30)33-15-34-26)21(29)13-19-10-11-31-27(19)36/h3-9,12-13,15,29H,10-11,14H2,1-2H3,(H,31,36)(H3,30,32,33,34)/b19-13-,29-21?. The zero-order chi connectivity index (χ0) is 26.1. The summed E-state index contributed by atoms with van der Waals surface area (Å²) in [5, 5.41) is 16.1. The Labute approximate surface area is 213 Å². The van der Waals surface area contributed by atoms with Crippen molar-refractivity contribution in [3.63, 3.8) is 0 Å². The first-order valence-corrected chi connectivity index (χ1v) is 12.0. The maximum atomic E-state index is 13.8. The van der Waals surface area contributed by atoms with E-state index in [9.17, 15) is 9.59 Å². The number of nitrogens with one attached hydrogen (secondary N) is 3. The van der Waals surface area contributed by atoms with E-state index in [1.54, 1.807) is 4.57 Å². The van der Waals surface area contributed by atoms with Gasteiger partial charge >= 0.3 is 0 Å². The molecule has 0 saturated carbocycles. The molecule has 5 N–H and O–H groups in total. The number of aromatic nitrogens is 3. The number of carbonyl (C=O) groups is 1. The monoisotopic (exact) mass is 493 g/mol. The number of rotatable bonds is 6. The Bertz CT molecular complexity index is 1650. The summed E-state index contributed by atoms with van der Waals surface area (Å²) in [5.41, 5.74) is 10.3. The number of aryl methyl sites for hydroxylation is 2. The summed E-state index contributed by atoms with van der Waals surface area (Å²) in [6, 6.07) is 15.5. The van der Waals surface area contributed by atoms with Crippen LogP contribution >= 0.6 is 0 Å². The number of fused-ring (bicyclic) bond motifs is 1. The molecule has 1 fully saturated rings. The number of benzene rings is 2. The Hall–Kier alpha value is -4.79. The highest BCUT2D eigenvalue weighted by atomic mass is 16.2. The van der Waals surface area contributed by atoms with Gasteiger partial charge in [-0.2, -0.15) is 0 Å². The fraction of sp³-hybridized carbons (Fsp3) is 0.179. The number of anilines is 2. The second-order valence-electron chi connectivity index (χ2n) is 9.03. The summed E-state index contributed by atoms with van der Waals surface area (Å²) in [4.78, 5) is 34.2. The molecule has 0 aliphatic carbocycles. The molecule has 0 radical (unpaired) electrons. The average Bonchev–Trinajstić information content (AvgIpc) is 3.27. The molecule has 0 bridgehead atoms. The van der Waals surface area contributed by atoms with Gasteiger partial charge in [-0.3, -0.25) is 19.6 Å². The Morgan fingerprint density at radius 2 is 1.92 bits per heavy atom. The smallest absolute Gasteiger partial charge is 0.263 e. The molecular weight excluding hydrogens is 466 g/mol. The molecule has 1 amide bonds. The number of allylic oxidation sites excluding steroid dienone is 1. The molecule has 0 spiro atoms. The van der Waals surface area contributed by atoms with Gasteiger partial charge in [-0.1, -0.05) is 36.4 Å². The number of para-hydroxylation sites is 1. The number of nitrogens with zero attached hydrogens (tertiary/aromatic N) is 3. The topological polar surface area (TPSA) is 139 Å². The Morgan fingerprint density at radius 1 is 1.14 bits per heavy atom. The minimum atomic E-state index is -0.191. The molecule has 0 atom stereocenters. The van der Waals surface area contributed by atoms with Crippen LogP contribution in [-0.2, 0) is 11.3 Å². The Kier molecular flexibility index (Phi) is 6.27. The van der Waals surface area contributed by atoms with E-state index in [0.717, 1.165) is 27.9 Å². The predicted octanol–water partition coefficient (Wildman–Crippen LogP) is 3.41. The lowest BCUT2D eigenvalue weighted by molar-refractivity contribution is -0.116. The first kappa shape index (κ1) is 23.9. The van der Waals surface area contributed by atoms with Crippen LogP contribution in [0.2, 0.25) is 0 Å². The molecule has 0 unspecified atom stereocenters. The number of nitrogens with two attached hydrogens (primary N) is 1. The highest BCUT2D eigenvalue weighted by molar-refractivity contribution is 6.16. The van der Waals surface area contributed by atoms with Gasteiger partial charge in [-0.25, -0.2) is 9.97 Å². The lowest BCUT2D eigenvalue weighted by atomic mass is 10.0. The Morgan fingerprint density at radius 3 is 2.68 bits per heavy atom. The van der Waals surface area contributed by atoms with Crippen molar-refractivity contribution in [1.82, 2.24) is 19.9 Å². The third kappa shape index (κ3) is 4.47. The predicted molar refractivity (Wildman–Crippen MR) is 145 cm³/mol. The maximum Gasteiger partial charge on any atom is 0.263 e. The van der Waals surface area contributed by atoms with Crippen molar-refractivity contribution in [1.29, 1.82) is 5.41 Å². The summed E-state index contributed by atoms with van der Waals surface area (Å²) in [6.07, 6.45) is 3.36. The first-order valence-electron chi connectivity index (χ1n) is 12.0. The van der Waals surface area contributed by atoms with E-state index in [1.807, 2.05) is 62.4 Å². The minimum Gasteiger partial charge on any atom is -0.383 e. The van der Waals surface area contributed by atoms with Crippen LogP contribution in [0.15, 0.2) is 71.3 Å². The fourth-order valence-electron chi connectivity index (χ4n) is 4.69. The summed E-state index contributed by atoms with van der Waals surface area (Å²) < 4.78 is 1.72. The zero-order valence-electron chi connectivity index (χ0n) is 20.6. The third-order valence-electron chi connectivity index (χ3n) is 6.56. The summed E-state index contributed by atoms with van der Waals surface area (Å²) >= 11 is 0. The molecule has 2 aromatic carbocycles. The molecule has 9 nitrogen and oxygen atoms in total. The molecule has 4 aromatic rings. The summed E-state index contributed by atoms with van der Waals surface area (Å²) in [5.74, 6) is 0.285. The number of hydrogen-bond donors (Lipinski definition) is 4. The van der Waals surface area contributed by atoms with Gasteiger partial charge in [-0.15, -0.1) is 0 Å². The molecule has 3 heterocycles. The second kappa shape index (κ2) is 9.69. The van der Waals surface area contributed by atoms with Gasteiger partial charge in [0.05, 0.1) is 28.9 Å². The van der Waals surface area contributed by atoms with Gasteiger partial charge in [0.1, 0.15) is 18.0 Å². The van der Waals surface area contributed by atoms with Crippen LogP contribution in [0.5, 0.6) is 0 Å². The number of amides is 1. The van der Waals surface area contributed by atoms with Gasteiger partial charge in [0.15, 0.2) is 0 Å². The van der Waals surface area contributed by atoms with Gasteiger partial charge in [0, 0.05) is 17.8 Å². The van der Waals surface area contributed by atoms with E-state index in [-0.39, 0.29) is 29.5 Å². The number of nitrogen functional groups attached to an aromatic ring is 1. The van der Waals surface area contributed by atoms with Crippen molar-refractivity contribution in [2.45, 2.75) is 26.8 Å². The zero-order valence-corrected chi connectivity index (χ0v) is 20.6. The van der Waals surface area contributed by atoms with Gasteiger partial charge < -0.3 is 16.4 Å². The molecular formula is C28H27N7O2. The molecule has 1 saturated heterocycles. The van der Waals surface area contributed by atoms with E-state index >= 15 is 0 Å². The largest absolute Gasteiger partial charge is 0.383 e. The van der Waals surface area contributed by atoms with Crippen LogP contribution in [0.1, 0.15) is 28.8 Å². The number of hydrogen-bond acceptors (Lipinski definition) is 7. The summed E-state index contributed by atoms with van der Waals surface area (Å²) in [6.45, 7) is 4.69. The summed E-state index contributed by atoms with van der Waals surface area (Å²) in [7, 11) is 0. The van der Waals surface area contributed by atoms with E-state index in [4.69, 9.17) is 11.1 Å². The van der Waals surface area contributed by atoms with Crippen LogP contribution in [0.4, 0.5) is 11.6 Å². The van der Waals surface area contributed by atoms with Crippen LogP contribution in [0.25, 0.3) is 16.5 Å². The quantitative estimate of drug-likeness (QED) is 0.240. The second-order valence-corrected chi connectivity index (χ2v) is 9.03. The van der Waals surface area contributed by atoms with Crippen LogP contribution in [0.3, 0.4) is 0 Å². The fourth-order valence-corrected chi connectivity index (χ4v) is 4.69. The van der Waals surface area contributed by atoms with Crippen molar-refractivity contribution >= 4 is 34.0 Å². The van der Waals surface area contributed by atoms with E-state index in [2.05, 4.69) is 20.6 Å². The van der Waals surface area contributed by atoms with Crippen LogP contribution < -0.4 is 21.9 Å². The number of pyridine rings is 1. The molecule has 5 rings (SSSR count). The minimum absolute atomic E-state index is 0.0399. The lowest BCUT2D eigenvalue weighted by Crippen LogP contribution is -2.25. The van der Waals surface area contributed by atoms with Gasteiger partial charge in [-0.05, 0) is 55.0 Å².